The predicted molar refractivity (Wildman–Crippen MR) is 74.7 cm³/mol. The number of aliphatic imine (C=N–C) groups is 1. The Bertz CT molecular complexity index is 389. The van der Waals surface area contributed by atoms with E-state index in [0.717, 1.165) is 32.6 Å². The van der Waals surface area contributed by atoms with Gasteiger partial charge in [0.1, 0.15) is 0 Å². The van der Waals surface area contributed by atoms with E-state index in [1.54, 1.807) is 0 Å². The van der Waals surface area contributed by atoms with Crippen LogP contribution >= 0.6 is 0 Å². The van der Waals surface area contributed by atoms with Gasteiger partial charge in [0.15, 0.2) is 0 Å². The Labute approximate surface area is 109 Å². The van der Waals surface area contributed by atoms with Crippen molar-refractivity contribution >= 4 is 6.21 Å². The summed E-state index contributed by atoms with van der Waals surface area (Å²) >= 11 is 0. The Kier molecular flexibility index (Phi) is 3.37. The molecule has 3 heterocycles. The van der Waals surface area contributed by atoms with Gasteiger partial charge in [-0.15, -0.1) is 0 Å². The van der Waals surface area contributed by atoms with Gasteiger partial charge in [0.05, 0.1) is 17.8 Å². The van der Waals surface area contributed by atoms with Crippen molar-refractivity contribution < 1.29 is 0 Å². The third kappa shape index (κ3) is 2.29. The monoisotopic (exact) mass is 246 g/mol. The zero-order valence-electron chi connectivity index (χ0n) is 11.0. The Morgan fingerprint density at radius 1 is 1.33 bits per heavy atom. The van der Waals surface area contributed by atoms with E-state index >= 15 is 0 Å². The highest BCUT2D eigenvalue weighted by Crippen LogP contribution is 2.22. The van der Waals surface area contributed by atoms with Crippen LogP contribution < -0.4 is 10.6 Å². The fourth-order valence-electron chi connectivity index (χ4n) is 2.83. The molecule has 2 N–H and O–H groups in total. The predicted octanol–water partition coefficient (Wildman–Crippen LogP) is 0.884. The van der Waals surface area contributed by atoms with Crippen molar-refractivity contribution in [3.8, 4) is 0 Å². The third-order valence-corrected chi connectivity index (χ3v) is 3.91. The molecule has 2 atom stereocenters. The fraction of sp³-hybridized carbons (Fsp3) is 0.643. The van der Waals surface area contributed by atoms with E-state index in [1.165, 1.54) is 17.8 Å². The number of hydrogen-bond donors (Lipinski definition) is 2. The molecule has 2 unspecified atom stereocenters. The molecule has 0 bridgehead atoms. The molecular weight excluding hydrogens is 224 g/mol. The molecule has 3 rings (SSSR count). The molecule has 0 aromatic carbocycles. The minimum absolute atomic E-state index is 0.314. The Hall–Kier alpha value is -1.29. The first kappa shape index (κ1) is 11.8. The quantitative estimate of drug-likeness (QED) is 0.760. The lowest BCUT2D eigenvalue weighted by molar-refractivity contribution is 0.380. The molecule has 18 heavy (non-hydrogen) atoms. The first-order chi connectivity index (χ1) is 8.86. The molecule has 0 aromatic rings. The van der Waals surface area contributed by atoms with Gasteiger partial charge in [0.2, 0.25) is 0 Å². The maximum atomic E-state index is 4.68. The van der Waals surface area contributed by atoms with Crippen molar-refractivity contribution in [1.82, 2.24) is 15.5 Å². The van der Waals surface area contributed by atoms with Gasteiger partial charge in [-0.05, 0) is 31.5 Å². The van der Waals surface area contributed by atoms with E-state index in [4.69, 9.17) is 0 Å². The Balaban J connectivity index is 1.70. The molecule has 0 radical (unpaired) electrons. The van der Waals surface area contributed by atoms with Gasteiger partial charge < -0.3 is 15.5 Å². The van der Waals surface area contributed by atoms with E-state index in [1.807, 2.05) is 0 Å². The normalized spacial score (nSPS) is 31.3. The van der Waals surface area contributed by atoms with Crippen LogP contribution in [0, 0.1) is 0 Å². The standard InChI is InChI=1S/C14H22N4/c1-2-11-8-13-14(17-11)9-12(10-16-13)18-6-3-4-15-5-7-18/h8-10,13-15,17H,2-7H2,1H3. The van der Waals surface area contributed by atoms with Gasteiger partial charge in [-0.25, -0.2) is 0 Å². The zero-order chi connectivity index (χ0) is 12.4. The molecule has 3 aliphatic heterocycles. The molecule has 4 heteroatoms. The number of nitrogens with one attached hydrogen (secondary N) is 2. The Morgan fingerprint density at radius 3 is 3.17 bits per heavy atom. The number of fused-ring (bicyclic) bond motifs is 1. The summed E-state index contributed by atoms with van der Waals surface area (Å²) in [5.74, 6) is 0. The molecule has 4 nitrogen and oxygen atoms in total. The van der Waals surface area contributed by atoms with Crippen molar-refractivity contribution in [3.05, 3.63) is 23.5 Å². The molecule has 0 saturated carbocycles. The first-order valence-electron chi connectivity index (χ1n) is 7.04. The first-order valence-corrected chi connectivity index (χ1v) is 7.04. The SMILES string of the molecule is CCC1=CC2N=CC(N3CCCNCC3)=CC2N1. The summed E-state index contributed by atoms with van der Waals surface area (Å²) in [6.45, 7) is 6.61. The topological polar surface area (TPSA) is 39.7 Å². The van der Waals surface area contributed by atoms with Gasteiger partial charge in [0, 0.05) is 31.5 Å². The minimum atomic E-state index is 0.314. The summed E-state index contributed by atoms with van der Waals surface area (Å²) in [7, 11) is 0. The van der Waals surface area contributed by atoms with Crippen LogP contribution in [0.15, 0.2) is 28.5 Å². The van der Waals surface area contributed by atoms with Crippen molar-refractivity contribution in [1.29, 1.82) is 0 Å². The van der Waals surface area contributed by atoms with Crippen molar-refractivity contribution in [2.45, 2.75) is 31.8 Å². The average Bonchev–Trinajstić information content (AvgIpc) is 2.62. The van der Waals surface area contributed by atoms with E-state index in [-0.39, 0.29) is 0 Å². The van der Waals surface area contributed by atoms with Crippen LogP contribution in [0.2, 0.25) is 0 Å². The van der Waals surface area contributed by atoms with Crippen molar-refractivity contribution in [3.63, 3.8) is 0 Å². The third-order valence-electron chi connectivity index (χ3n) is 3.91. The second kappa shape index (κ2) is 5.14. The summed E-state index contributed by atoms with van der Waals surface area (Å²) in [6.07, 6.45) is 8.95. The molecule has 0 aromatic heterocycles. The molecule has 0 aliphatic carbocycles. The van der Waals surface area contributed by atoms with Crippen LogP contribution in [0.4, 0.5) is 0 Å². The van der Waals surface area contributed by atoms with E-state index < -0.39 is 0 Å². The molecule has 1 fully saturated rings. The molecule has 98 valence electrons. The zero-order valence-corrected chi connectivity index (χ0v) is 11.0. The van der Waals surface area contributed by atoms with Gasteiger partial charge in [-0.1, -0.05) is 6.92 Å². The van der Waals surface area contributed by atoms with Gasteiger partial charge in [0.25, 0.3) is 0 Å². The minimum Gasteiger partial charge on any atom is -0.380 e. The number of hydrogen-bond acceptors (Lipinski definition) is 4. The molecule has 0 spiro atoms. The lowest BCUT2D eigenvalue weighted by atomic mass is 10.1. The molecule has 3 aliphatic rings. The molecule has 1 saturated heterocycles. The summed E-state index contributed by atoms with van der Waals surface area (Å²) in [6, 6.07) is 0.685. The van der Waals surface area contributed by atoms with Crippen LogP contribution in [0.3, 0.4) is 0 Å². The maximum Gasteiger partial charge on any atom is 0.0938 e. The maximum absolute atomic E-state index is 4.68. The number of dihydropyridines is 1. The van der Waals surface area contributed by atoms with Gasteiger partial charge >= 0.3 is 0 Å². The highest BCUT2D eigenvalue weighted by molar-refractivity contribution is 5.79. The van der Waals surface area contributed by atoms with Crippen LogP contribution in [-0.4, -0.2) is 49.4 Å². The van der Waals surface area contributed by atoms with Crippen molar-refractivity contribution in [2.24, 2.45) is 4.99 Å². The lowest BCUT2D eigenvalue weighted by Gasteiger charge is -2.28. The number of rotatable bonds is 2. The summed E-state index contributed by atoms with van der Waals surface area (Å²) in [5.41, 5.74) is 2.62. The fourth-order valence-corrected chi connectivity index (χ4v) is 2.83. The van der Waals surface area contributed by atoms with Crippen molar-refractivity contribution in [2.75, 3.05) is 26.2 Å². The number of nitrogens with zero attached hydrogens (tertiary/aromatic N) is 2. The summed E-state index contributed by atoms with van der Waals surface area (Å²) < 4.78 is 0. The van der Waals surface area contributed by atoms with Gasteiger partial charge in [-0.2, -0.15) is 0 Å². The summed E-state index contributed by atoms with van der Waals surface area (Å²) in [5, 5.41) is 7.00. The van der Waals surface area contributed by atoms with E-state index in [9.17, 15) is 0 Å². The lowest BCUT2D eigenvalue weighted by Crippen LogP contribution is -2.36. The second-order valence-electron chi connectivity index (χ2n) is 5.17. The average molecular weight is 246 g/mol. The highest BCUT2D eigenvalue weighted by atomic mass is 15.2. The smallest absolute Gasteiger partial charge is 0.0938 e. The molecular formula is C14H22N4. The van der Waals surface area contributed by atoms with Crippen LogP contribution in [0.25, 0.3) is 0 Å². The highest BCUT2D eigenvalue weighted by Gasteiger charge is 2.27. The van der Waals surface area contributed by atoms with Crippen LogP contribution in [0.1, 0.15) is 19.8 Å². The van der Waals surface area contributed by atoms with Gasteiger partial charge in [-0.3, -0.25) is 4.99 Å². The van der Waals surface area contributed by atoms with Crippen LogP contribution in [-0.2, 0) is 0 Å². The number of allylic oxidation sites excluding steroid dienone is 2. The van der Waals surface area contributed by atoms with Crippen LogP contribution in [0.5, 0.6) is 0 Å². The Morgan fingerprint density at radius 2 is 2.28 bits per heavy atom. The largest absolute Gasteiger partial charge is 0.380 e. The van der Waals surface area contributed by atoms with E-state index in [2.05, 4.69) is 45.8 Å². The van der Waals surface area contributed by atoms with E-state index in [0.29, 0.717) is 12.1 Å². The second-order valence-corrected chi connectivity index (χ2v) is 5.17. The molecule has 0 amide bonds. The summed E-state index contributed by atoms with van der Waals surface area (Å²) in [4.78, 5) is 7.13.